The fourth-order valence-electron chi connectivity index (χ4n) is 1.91. The number of carbonyl (C=O) groups is 1. The van der Waals surface area contributed by atoms with Crippen LogP contribution >= 0.6 is 0 Å². The Labute approximate surface area is 100 Å². The van der Waals surface area contributed by atoms with Crippen molar-refractivity contribution < 1.29 is 4.79 Å². The third-order valence-electron chi connectivity index (χ3n) is 2.64. The van der Waals surface area contributed by atoms with Crippen molar-refractivity contribution in [3.05, 3.63) is 35.9 Å². The lowest BCUT2D eigenvalue weighted by Crippen LogP contribution is -2.31. The summed E-state index contributed by atoms with van der Waals surface area (Å²) in [6.45, 7) is 2.15. The maximum Gasteiger partial charge on any atom is 0.236 e. The molecule has 88 valence electrons. The molecular weight excluding hydrogens is 214 g/mol. The molecule has 1 aromatic carbocycles. The third kappa shape index (κ3) is 2.36. The molecule has 0 radical (unpaired) electrons. The predicted octanol–water partition coefficient (Wildman–Crippen LogP) is 1.46. The summed E-state index contributed by atoms with van der Waals surface area (Å²) >= 11 is 0. The number of carbonyl (C=O) groups excluding carboxylic acids is 1. The van der Waals surface area contributed by atoms with Gasteiger partial charge in [0.15, 0.2) is 0 Å². The van der Waals surface area contributed by atoms with Gasteiger partial charge in [0.1, 0.15) is 5.82 Å². The van der Waals surface area contributed by atoms with E-state index in [-0.39, 0.29) is 12.5 Å². The molecule has 1 amide bonds. The Balaban J connectivity index is 2.46. The number of primary amides is 1. The molecule has 0 atom stereocenters. The van der Waals surface area contributed by atoms with Gasteiger partial charge < -0.3 is 10.6 Å². The first-order valence-electron chi connectivity index (χ1n) is 5.44. The average Bonchev–Trinajstić information content (AvgIpc) is 2.27. The molecule has 0 spiro atoms. The number of nitrogens with zero attached hydrogens (tertiary/aromatic N) is 2. The average molecular weight is 229 g/mol. The van der Waals surface area contributed by atoms with E-state index in [9.17, 15) is 4.79 Å². The number of hydrogen-bond acceptors (Lipinski definition) is 3. The van der Waals surface area contributed by atoms with E-state index < -0.39 is 0 Å². The lowest BCUT2D eigenvalue weighted by atomic mass is 10.1. The van der Waals surface area contributed by atoms with Crippen LogP contribution in [-0.4, -0.2) is 24.5 Å². The molecule has 0 unspecified atom stereocenters. The summed E-state index contributed by atoms with van der Waals surface area (Å²) in [5, 5.41) is 1.10. The molecule has 1 aromatic heterocycles. The molecule has 2 aromatic rings. The van der Waals surface area contributed by atoms with Gasteiger partial charge >= 0.3 is 0 Å². The summed E-state index contributed by atoms with van der Waals surface area (Å²) in [5.74, 6) is 0.435. The molecule has 0 saturated heterocycles. The van der Waals surface area contributed by atoms with Gasteiger partial charge in [-0.25, -0.2) is 4.98 Å². The monoisotopic (exact) mass is 229 g/mol. The number of para-hydroxylation sites is 1. The Kier molecular flexibility index (Phi) is 2.95. The van der Waals surface area contributed by atoms with Crippen LogP contribution in [0.1, 0.15) is 5.56 Å². The highest BCUT2D eigenvalue weighted by Crippen LogP contribution is 2.21. The summed E-state index contributed by atoms with van der Waals surface area (Å²) in [7, 11) is 1.81. The molecule has 0 aliphatic rings. The number of nitrogens with two attached hydrogens (primary N) is 1. The van der Waals surface area contributed by atoms with Gasteiger partial charge in [0.2, 0.25) is 5.91 Å². The zero-order valence-electron chi connectivity index (χ0n) is 9.97. The van der Waals surface area contributed by atoms with Gasteiger partial charge in [-0.1, -0.05) is 18.2 Å². The van der Waals surface area contributed by atoms with Gasteiger partial charge in [-0.2, -0.15) is 0 Å². The van der Waals surface area contributed by atoms with Crippen molar-refractivity contribution in [3.8, 4) is 0 Å². The number of amides is 1. The number of benzene rings is 1. The molecule has 0 saturated carbocycles. The number of likely N-dealkylation sites (N-methyl/N-ethyl adjacent to an activating group) is 1. The van der Waals surface area contributed by atoms with E-state index in [2.05, 4.69) is 11.1 Å². The van der Waals surface area contributed by atoms with Crippen LogP contribution in [0.2, 0.25) is 0 Å². The first-order valence-corrected chi connectivity index (χ1v) is 5.44. The Morgan fingerprint density at radius 2 is 2.12 bits per heavy atom. The van der Waals surface area contributed by atoms with Gasteiger partial charge in [-0.3, -0.25) is 4.79 Å². The van der Waals surface area contributed by atoms with E-state index in [1.807, 2.05) is 38.2 Å². The number of aromatic nitrogens is 1. The molecule has 0 aliphatic heterocycles. The lowest BCUT2D eigenvalue weighted by Gasteiger charge is -2.18. The zero-order chi connectivity index (χ0) is 12.4. The number of aryl methyl sites for hydroxylation is 1. The summed E-state index contributed by atoms with van der Waals surface area (Å²) in [6, 6.07) is 9.97. The van der Waals surface area contributed by atoms with E-state index in [1.54, 1.807) is 4.90 Å². The van der Waals surface area contributed by atoms with Gasteiger partial charge in [0, 0.05) is 12.4 Å². The Bertz CT molecular complexity index is 566. The van der Waals surface area contributed by atoms with Crippen LogP contribution in [0.4, 0.5) is 5.82 Å². The van der Waals surface area contributed by atoms with Crippen molar-refractivity contribution in [2.75, 3.05) is 18.5 Å². The van der Waals surface area contributed by atoms with E-state index in [0.29, 0.717) is 0 Å². The molecule has 0 aliphatic carbocycles. The van der Waals surface area contributed by atoms with Crippen molar-refractivity contribution in [2.24, 2.45) is 5.73 Å². The molecular formula is C13H15N3O. The predicted molar refractivity (Wildman–Crippen MR) is 68.9 cm³/mol. The van der Waals surface area contributed by atoms with Gasteiger partial charge in [-0.15, -0.1) is 0 Å². The van der Waals surface area contributed by atoms with Crippen LogP contribution in [0.5, 0.6) is 0 Å². The van der Waals surface area contributed by atoms with Gasteiger partial charge in [0.25, 0.3) is 0 Å². The van der Waals surface area contributed by atoms with E-state index in [4.69, 9.17) is 5.73 Å². The molecule has 17 heavy (non-hydrogen) atoms. The first-order chi connectivity index (χ1) is 8.08. The number of anilines is 1. The Morgan fingerprint density at radius 1 is 1.41 bits per heavy atom. The van der Waals surface area contributed by atoms with Gasteiger partial charge in [-0.05, 0) is 24.6 Å². The number of rotatable bonds is 3. The standard InChI is InChI=1S/C13H15N3O/c1-9-7-10-5-3-4-6-11(10)15-13(9)16(2)8-12(14)17/h3-7H,8H2,1-2H3,(H2,14,17). The molecule has 2 N–H and O–H groups in total. The second kappa shape index (κ2) is 4.41. The van der Waals surface area contributed by atoms with Crippen LogP contribution in [-0.2, 0) is 4.79 Å². The highest BCUT2D eigenvalue weighted by atomic mass is 16.1. The van der Waals surface area contributed by atoms with E-state index >= 15 is 0 Å². The maximum absolute atomic E-state index is 10.9. The molecule has 4 heteroatoms. The quantitative estimate of drug-likeness (QED) is 0.867. The third-order valence-corrected chi connectivity index (χ3v) is 2.64. The lowest BCUT2D eigenvalue weighted by molar-refractivity contribution is -0.116. The van der Waals surface area contributed by atoms with Crippen molar-refractivity contribution in [3.63, 3.8) is 0 Å². The molecule has 4 nitrogen and oxygen atoms in total. The number of fused-ring (bicyclic) bond motifs is 1. The Hall–Kier alpha value is -2.10. The van der Waals surface area contributed by atoms with Crippen molar-refractivity contribution in [1.82, 2.24) is 4.98 Å². The second-order valence-corrected chi connectivity index (χ2v) is 4.14. The number of hydrogen-bond donors (Lipinski definition) is 1. The molecule has 0 bridgehead atoms. The minimum atomic E-state index is -0.359. The minimum absolute atomic E-state index is 0.173. The maximum atomic E-state index is 10.9. The Morgan fingerprint density at radius 3 is 2.82 bits per heavy atom. The van der Waals surface area contributed by atoms with Crippen LogP contribution in [0, 0.1) is 6.92 Å². The summed E-state index contributed by atoms with van der Waals surface area (Å²) in [6.07, 6.45) is 0. The molecule has 0 fully saturated rings. The largest absolute Gasteiger partial charge is 0.368 e. The van der Waals surface area contributed by atoms with Crippen LogP contribution in [0.25, 0.3) is 10.9 Å². The SMILES string of the molecule is Cc1cc2ccccc2nc1N(C)CC(N)=O. The summed E-state index contributed by atoms with van der Waals surface area (Å²) < 4.78 is 0. The van der Waals surface area contributed by atoms with E-state index in [1.165, 1.54) is 0 Å². The van der Waals surface area contributed by atoms with Crippen molar-refractivity contribution >= 4 is 22.6 Å². The smallest absolute Gasteiger partial charge is 0.236 e. The molecule has 2 rings (SSSR count). The van der Waals surface area contributed by atoms with Crippen molar-refractivity contribution in [1.29, 1.82) is 0 Å². The van der Waals surface area contributed by atoms with Crippen LogP contribution in [0.3, 0.4) is 0 Å². The summed E-state index contributed by atoms with van der Waals surface area (Å²) in [4.78, 5) is 17.2. The number of pyridine rings is 1. The van der Waals surface area contributed by atoms with Gasteiger partial charge in [0.05, 0.1) is 12.1 Å². The van der Waals surface area contributed by atoms with Crippen molar-refractivity contribution in [2.45, 2.75) is 6.92 Å². The fourth-order valence-corrected chi connectivity index (χ4v) is 1.91. The van der Waals surface area contributed by atoms with Crippen LogP contribution in [0.15, 0.2) is 30.3 Å². The highest BCUT2D eigenvalue weighted by molar-refractivity contribution is 5.83. The molecule has 1 heterocycles. The first kappa shape index (κ1) is 11.4. The summed E-state index contributed by atoms with van der Waals surface area (Å²) in [5.41, 5.74) is 7.14. The minimum Gasteiger partial charge on any atom is -0.368 e. The normalized spacial score (nSPS) is 10.5. The van der Waals surface area contributed by atoms with Crippen LogP contribution < -0.4 is 10.6 Å². The highest BCUT2D eigenvalue weighted by Gasteiger charge is 2.09. The second-order valence-electron chi connectivity index (χ2n) is 4.14. The topological polar surface area (TPSA) is 59.2 Å². The van der Waals surface area contributed by atoms with E-state index in [0.717, 1.165) is 22.3 Å². The zero-order valence-corrected chi connectivity index (χ0v) is 9.97. The fraction of sp³-hybridized carbons (Fsp3) is 0.231.